The van der Waals surface area contributed by atoms with Gasteiger partial charge in [-0.05, 0) is 63.6 Å². The van der Waals surface area contributed by atoms with E-state index in [4.69, 9.17) is 9.47 Å². The number of rotatable bonds is 3. The van der Waals surface area contributed by atoms with Crippen LogP contribution in [0.2, 0.25) is 0 Å². The van der Waals surface area contributed by atoms with Crippen LogP contribution >= 0.6 is 0 Å². The van der Waals surface area contributed by atoms with Crippen molar-refractivity contribution in [3.05, 3.63) is 42.9 Å². The highest BCUT2D eigenvalue weighted by Gasteiger charge is 2.44. The van der Waals surface area contributed by atoms with Gasteiger partial charge in [-0.25, -0.2) is 14.8 Å². The quantitative estimate of drug-likeness (QED) is 0.798. The minimum atomic E-state index is -0.449. The second kappa shape index (κ2) is 7.41. The molecule has 1 saturated heterocycles. The van der Waals surface area contributed by atoms with Crippen LogP contribution in [0, 0.1) is 11.8 Å². The third-order valence-electron chi connectivity index (χ3n) is 5.37. The van der Waals surface area contributed by atoms with Crippen molar-refractivity contribution in [2.45, 2.75) is 45.3 Å². The molecule has 4 rings (SSSR count). The summed E-state index contributed by atoms with van der Waals surface area (Å²) >= 11 is 0. The van der Waals surface area contributed by atoms with Gasteiger partial charge in [-0.2, -0.15) is 0 Å². The lowest BCUT2D eigenvalue weighted by molar-refractivity contribution is 0.0272. The molecule has 6 nitrogen and oxygen atoms in total. The van der Waals surface area contributed by atoms with Crippen LogP contribution in [0.5, 0.6) is 5.75 Å². The lowest BCUT2D eigenvalue weighted by atomic mass is 10.0. The van der Waals surface area contributed by atoms with Crippen molar-refractivity contribution in [3.63, 3.8) is 0 Å². The largest absolute Gasteiger partial charge is 0.490 e. The van der Waals surface area contributed by atoms with Crippen LogP contribution in [-0.4, -0.2) is 45.8 Å². The first kappa shape index (κ1) is 18.7. The monoisotopic (exact) mass is 381 g/mol. The predicted octanol–water partition coefficient (Wildman–Crippen LogP) is 4.17. The highest BCUT2D eigenvalue weighted by Crippen LogP contribution is 2.40. The second-order valence-electron chi connectivity index (χ2n) is 8.74. The number of nitrogens with zero attached hydrogens (tertiary/aromatic N) is 3. The number of hydrogen-bond donors (Lipinski definition) is 0. The zero-order valence-corrected chi connectivity index (χ0v) is 16.7. The van der Waals surface area contributed by atoms with Gasteiger partial charge in [-0.1, -0.05) is 12.1 Å². The first-order chi connectivity index (χ1) is 13.4. The third-order valence-corrected chi connectivity index (χ3v) is 5.37. The molecule has 1 aromatic heterocycles. The molecule has 2 fully saturated rings. The molecular weight excluding hydrogens is 354 g/mol. The molecule has 3 atom stereocenters. The Morgan fingerprint density at radius 1 is 1.14 bits per heavy atom. The Morgan fingerprint density at radius 2 is 1.89 bits per heavy atom. The summed E-state index contributed by atoms with van der Waals surface area (Å²) in [6, 6.07) is 9.93. The Bertz CT molecular complexity index is 820. The number of fused-ring (bicyclic) bond motifs is 1. The zero-order valence-electron chi connectivity index (χ0n) is 16.7. The summed E-state index contributed by atoms with van der Waals surface area (Å²) in [5, 5.41) is 0. The maximum Gasteiger partial charge on any atom is 0.410 e. The summed E-state index contributed by atoms with van der Waals surface area (Å²) in [5.41, 5.74) is 1.46. The molecule has 1 saturated carbocycles. The van der Waals surface area contributed by atoms with Crippen molar-refractivity contribution in [2.24, 2.45) is 11.8 Å². The number of hydrogen-bond acceptors (Lipinski definition) is 5. The number of likely N-dealkylation sites (tertiary alicyclic amines) is 1. The summed E-state index contributed by atoms with van der Waals surface area (Å²) in [5.74, 6) is 1.84. The number of carbonyl (C=O) groups excluding carboxylic acids is 1. The maximum absolute atomic E-state index is 12.3. The number of benzene rings is 1. The van der Waals surface area contributed by atoms with Gasteiger partial charge >= 0.3 is 6.09 Å². The molecule has 0 spiro atoms. The molecule has 0 N–H and O–H groups in total. The summed E-state index contributed by atoms with van der Waals surface area (Å²) in [6.45, 7) is 7.24. The number of ether oxygens (including phenoxy) is 2. The normalized spacial score (nSPS) is 24.1. The third kappa shape index (κ3) is 4.26. The number of aromatic nitrogens is 2. The van der Waals surface area contributed by atoms with E-state index in [9.17, 15) is 4.79 Å². The van der Waals surface area contributed by atoms with Crippen LogP contribution in [0.4, 0.5) is 4.79 Å². The van der Waals surface area contributed by atoms with Crippen molar-refractivity contribution < 1.29 is 14.3 Å². The predicted molar refractivity (Wildman–Crippen MR) is 106 cm³/mol. The van der Waals surface area contributed by atoms with E-state index in [2.05, 4.69) is 9.97 Å². The minimum absolute atomic E-state index is 0.191. The van der Waals surface area contributed by atoms with Crippen LogP contribution < -0.4 is 4.74 Å². The standard InChI is InChI=1S/C22H27N3O3/c1-22(2,3)28-21(26)25-12-16-10-19(11-17(16)13-25)27-18-6-4-5-15(9-18)20-7-8-23-14-24-20/h4-9,14,16-17,19H,10-13H2,1-3H3/t16-,17+,19+. The van der Waals surface area contributed by atoms with Gasteiger partial charge in [0.25, 0.3) is 0 Å². The second-order valence-corrected chi connectivity index (χ2v) is 8.74. The summed E-state index contributed by atoms with van der Waals surface area (Å²) in [4.78, 5) is 22.4. The van der Waals surface area contributed by atoms with Gasteiger partial charge in [0.05, 0.1) is 11.8 Å². The van der Waals surface area contributed by atoms with Crippen LogP contribution in [-0.2, 0) is 4.74 Å². The lowest BCUT2D eigenvalue weighted by Crippen LogP contribution is -2.36. The topological polar surface area (TPSA) is 64.5 Å². The van der Waals surface area contributed by atoms with Crippen molar-refractivity contribution in [1.29, 1.82) is 0 Å². The van der Waals surface area contributed by atoms with E-state index in [0.717, 1.165) is 42.9 Å². The maximum atomic E-state index is 12.3. The first-order valence-corrected chi connectivity index (χ1v) is 9.88. The Balaban J connectivity index is 1.34. The van der Waals surface area contributed by atoms with Gasteiger partial charge in [0, 0.05) is 24.8 Å². The van der Waals surface area contributed by atoms with E-state index in [1.807, 2.05) is 56.0 Å². The summed E-state index contributed by atoms with van der Waals surface area (Å²) in [6.07, 6.45) is 5.24. The molecule has 2 heterocycles. The van der Waals surface area contributed by atoms with Gasteiger partial charge in [-0.3, -0.25) is 0 Å². The molecule has 0 bridgehead atoms. The molecular formula is C22H27N3O3. The first-order valence-electron chi connectivity index (χ1n) is 9.88. The fourth-order valence-electron chi connectivity index (χ4n) is 4.20. The van der Waals surface area contributed by atoms with Crippen LogP contribution in [0.15, 0.2) is 42.9 Å². The molecule has 1 aromatic carbocycles. The SMILES string of the molecule is CC(C)(C)OC(=O)N1C[C@H]2C[C@H](Oc3cccc(-c4ccncn4)c3)C[C@H]2C1. The molecule has 148 valence electrons. The average Bonchev–Trinajstić information content (AvgIpc) is 3.20. The van der Waals surface area contributed by atoms with E-state index < -0.39 is 5.60 Å². The fourth-order valence-corrected chi connectivity index (χ4v) is 4.20. The highest BCUT2D eigenvalue weighted by molar-refractivity contribution is 5.68. The van der Waals surface area contributed by atoms with E-state index in [1.165, 1.54) is 0 Å². The Morgan fingerprint density at radius 3 is 2.54 bits per heavy atom. The summed E-state index contributed by atoms with van der Waals surface area (Å²) in [7, 11) is 0. The Labute approximate surface area is 165 Å². The number of amides is 1. The molecule has 6 heteroatoms. The molecule has 1 aliphatic heterocycles. The van der Waals surface area contributed by atoms with E-state index in [1.54, 1.807) is 12.5 Å². The van der Waals surface area contributed by atoms with Gasteiger partial charge in [0.15, 0.2) is 0 Å². The van der Waals surface area contributed by atoms with Gasteiger partial charge in [0.1, 0.15) is 17.7 Å². The smallest absolute Gasteiger partial charge is 0.410 e. The zero-order chi connectivity index (χ0) is 19.7. The van der Waals surface area contributed by atoms with Crippen molar-refractivity contribution >= 4 is 6.09 Å². The van der Waals surface area contributed by atoms with Crippen LogP contribution in [0.1, 0.15) is 33.6 Å². The van der Waals surface area contributed by atoms with E-state index >= 15 is 0 Å². The Kier molecular flexibility index (Phi) is 4.96. The molecule has 1 amide bonds. The van der Waals surface area contributed by atoms with Crippen molar-refractivity contribution in [2.75, 3.05) is 13.1 Å². The average molecular weight is 381 g/mol. The van der Waals surface area contributed by atoms with Crippen LogP contribution in [0.25, 0.3) is 11.3 Å². The van der Waals surface area contributed by atoms with E-state index in [0.29, 0.717) is 11.8 Å². The lowest BCUT2D eigenvalue weighted by Gasteiger charge is -2.25. The Hall–Kier alpha value is -2.63. The van der Waals surface area contributed by atoms with E-state index in [-0.39, 0.29) is 12.2 Å². The molecule has 2 aliphatic rings. The number of carbonyl (C=O) groups is 1. The molecule has 2 aromatic rings. The molecule has 0 radical (unpaired) electrons. The van der Waals surface area contributed by atoms with Gasteiger partial charge in [-0.15, -0.1) is 0 Å². The molecule has 28 heavy (non-hydrogen) atoms. The van der Waals surface area contributed by atoms with Gasteiger partial charge < -0.3 is 14.4 Å². The van der Waals surface area contributed by atoms with Crippen LogP contribution in [0.3, 0.4) is 0 Å². The van der Waals surface area contributed by atoms with Crippen molar-refractivity contribution in [3.8, 4) is 17.0 Å². The molecule has 1 aliphatic carbocycles. The molecule has 0 unspecified atom stereocenters. The highest BCUT2D eigenvalue weighted by atomic mass is 16.6. The van der Waals surface area contributed by atoms with Crippen molar-refractivity contribution in [1.82, 2.24) is 14.9 Å². The minimum Gasteiger partial charge on any atom is -0.490 e. The van der Waals surface area contributed by atoms with Gasteiger partial charge in [0.2, 0.25) is 0 Å². The fraction of sp³-hybridized carbons (Fsp3) is 0.500. The summed E-state index contributed by atoms with van der Waals surface area (Å²) < 4.78 is 11.8.